The monoisotopic (exact) mass is 227 g/mol. The van der Waals surface area contributed by atoms with Gasteiger partial charge < -0.3 is 20.1 Å². The molecule has 0 atom stereocenters. The molecule has 0 radical (unpaired) electrons. The van der Waals surface area contributed by atoms with E-state index in [1.54, 1.807) is 12.0 Å². The van der Waals surface area contributed by atoms with E-state index in [0.29, 0.717) is 19.2 Å². The molecule has 0 spiro atoms. The highest BCUT2D eigenvalue weighted by molar-refractivity contribution is 5.33. The second-order valence-corrected chi connectivity index (χ2v) is 3.37. The van der Waals surface area contributed by atoms with Gasteiger partial charge in [0.1, 0.15) is 0 Å². The van der Waals surface area contributed by atoms with Crippen molar-refractivity contribution in [1.82, 2.24) is 15.0 Å². The Labute approximate surface area is 94.6 Å². The second-order valence-electron chi connectivity index (χ2n) is 3.37. The lowest BCUT2D eigenvalue weighted by atomic mass is 10.5. The zero-order chi connectivity index (χ0) is 12.0. The van der Waals surface area contributed by atoms with Crippen LogP contribution in [-0.4, -0.2) is 49.4 Å². The highest BCUT2D eigenvalue weighted by Gasteiger charge is 2.06. The molecule has 1 aromatic rings. The Hall–Kier alpha value is -1.63. The van der Waals surface area contributed by atoms with E-state index < -0.39 is 0 Å². The van der Waals surface area contributed by atoms with Crippen LogP contribution in [0.4, 0.5) is 11.9 Å². The number of anilines is 2. The molecule has 0 aromatic carbocycles. The number of rotatable bonds is 6. The van der Waals surface area contributed by atoms with E-state index in [4.69, 9.17) is 15.2 Å². The number of aromatic nitrogens is 3. The minimum absolute atomic E-state index is 0.153. The summed E-state index contributed by atoms with van der Waals surface area (Å²) in [6.45, 7) is 1.13. The largest absolute Gasteiger partial charge is 0.463 e. The van der Waals surface area contributed by atoms with E-state index in [2.05, 4.69) is 15.0 Å². The molecule has 0 aliphatic carbocycles. The fraction of sp³-hybridized carbons (Fsp3) is 0.667. The third-order valence-electron chi connectivity index (χ3n) is 1.74. The van der Waals surface area contributed by atoms with Gasteiger partial charge in [-0.25, -0.2) is 0 Å². The first-order valence-electron chi connectivity index (χ1n) is 4.94. The molecular weight excluding hydrogens is 210 g/mol. The molecule has 1 rings (SSSR count). The third kappa shape index (κ3) is 3.85. The molecule has 0 aliphatic rings. The summed E-state index contributed by atoms with van der Waals surface area (Å²) in [7, 11) is 5.29. The molecule has 0 aliphatic heterocycles. The lowest BCUT2D eigenvalue weighted by molar-refractivity contribution is 0.168. The molecule has 0 bridgehead atoms. The van der Waals surface area contributed by atoms with Gasteiger partial charge in [0, 0.05) is 34.2 Å². The normalized spacial score (nSPS) is 10.2. The van der Waals surface area contributed by atoms with Gasteiger partial charge in [0.25, 0.3) is 0 Å². The first-order chi connectivity index (χ1) is 7.63. The van der Waals surface area contributed by atoms with Crippen molar-refractivity contribution in [2.24, 2.45) is 0 Å². The van der Waals surface area contributed by atoms with Gasteiger partial charge in [-0.3, -0.25) is 0 Å². The first kappa shape index (κ1) is 12.4. The van der Waals surface area contributed by atoms with E-state index in [-0.39, 0.29) is 12.0 Å². The highest BCUT2D eigenvalue weighted by atomic mass is 16.5. The van der Waals surface area contributed by atoms with Gasteiger partial charge in [-0.2, -0.15) is 15.0 Å². The van der Waals surface area contributed by atoms with Crippen LogP contribution in [0.25, 0.3) is 0 Å². The molecule has 7 nitrogen and oxygen atoms in total. The van der Waals surface area contributed by atoms with Crippen molar-refractivity contribution in [3.8, 4) is 6.01 Å². The van der Waals surface area contributed by atoms with Crippen LogP contribution in [0.1, 0.15) is 6.42 Å². The third-order valence-corrected chi connectivity index (χ3v) is 1.74. The van der Waals surface area contributed by atoms with Crippen molar-refractivity contribution >= 4 is 11.9 Å². The average molecular weight is 227 g/mol. The number of hydrogen-bond donors (Lipinski definition) is 1. The number of nitrogens with zero attached hydrogens (tertiary/aromatic N) is 4. The topological polar surface area (TPSA) is 86.4 Å². The summed E-state index contributed by atoms with van der Waals surface area (Å²) in [5.74, 6) is 0.634. The summed E-state index contributed by atoms with van der Waals surface area (Å²) in [6.07, 6.45) is 0.777. The van der Waals surface area contributed by atoms with Gasteiger partial charge in [0.15, 0.2) is 0 Å². The Morgan fingerprint density at radius 2 is 1.94 bits per heavy atom. The van der Waals surface area contributed by atoms with Gasteiger partial charge in [-0.1, -0.05) is 0 Å². The second kappa shape index (κ2) is 6.06. The van der Waals surface area contributed by atoms with Crippen LogP contribution in [0.3, 0.4) is 0 Å². The summed E-state index contributed by atoms with van der Waals surface area (Å²) in [5, 5.41) is 0. The maximum Gasteiger partial charge on any atom is 0.323 e. The van der Waals surface area contributed by atoms with Gasteiger partial charge in [-0.05, 0) is 0 Å². The summed E-state index contributed by atoms with van der Waals surface area (Å²) in [4.78, 5) is 13.7. The molecule has 0 unspecified atom stereocenters. The molecule has 0 fully saturated rings. The van der Waals surface area contributed by atoms with E-state index in [9.17, 15) is 0 Å². The molecule has 0 amide bonds. The zero-order valence-electron chi connectivity index (χ0n) is 9.80. The highest BCUT2D eigenvalue weighted by Crippen LogP contribution is 2.10. The average Bonchev–Trinajstić information content (AvgIpc) is 2.23. The smallest absolute Gasteiger partial charge is 0.323 e. The SMILES string of the molecule is COCCCOc1nc(N)nc(N(C)C)n1. The maximum atomic E-state index is 5.53. The van der Waals surface area contributed by atoms with Crippen LogP contribution in [0.2, 0.25) is 0 Å². The number of nitrogen functional groups attached to an aromatic ring is 1. The molecular formula is C9H17N5O2. The fourth-order valence-electron chi connectivity index (χ4n) is 0.992. The lowest BCUT2D eigenvalue weighted by Crippen LogP contribution is -2.16. The Morgan fingerprint density at radius 3 is 2.56 bits per heavy atom. The van der Waals surface area contributed by atoms with Gasteiger partial charge in [0.05, 0.1) is 6.61 Å². The van der Waals surface area contributed by atoms with E-state index >= 15 is 0 Å². The van der Waals surface area contributed by atoms with Gasteiger partial charge in [-0.15, -0.1) is 0 Å². The van der Waals surface area contributed by atoms with Crippen LogP contribution < -0.4 is 15.4 Å². The van der Waals surface area contributed by atoms with Crippen LogP contribution >= 0.6 is 0 Å². The molecule has 90 valence electrons. The van der Waals surface area contributed by atoms with Crippen LogP contribution in [0.15, 0.2) is 0 Å². The Morgan fingerprint density at radius 1 is 1.19 bits per heavy atom. The summed E-state index contributed by atoms with van der Waals surface area (Å²) in [6, 6.07) is 0.243. The minimum Gasteiger partial charge on any atom is -0.463 e. The first-order valence-corrected chi connectivity index (χ1v) is 4.94. The minimum atomic E-state index is 0.153. The molecule has 1 heterocycles. The van der Waals surface area contributed by atoms with E-state index in [0.717, 1.165) is 6.42 Å². The molecule has 1 aromatic heterocycles. The lowest BCUT2D eigenvalue weighted by Gasteiger charge is -2.11. The van der Waals surface area contributed by atoms with Crippen LogP contribution in [-0.2, 0) is 4.74 Å². The van der Waals surface area contributed by atoms with Crippen LogP contribution in [0, 0.1) is 0 Å². The van der Waals surface area contributed by atoms with Crippen molar-refractivity contribution in [1.29, 1.82) is 0 Å². The predicted molar refractivity (Wildman–Crippen MR) is 60.6 cm³/mol. The quantitative estimate of drug-likeness (QED) is 0.681. The summed E-state index contributed by atoms with van der Waals surface area (Å²) < 4.78 is 10.2. The number of nitrogens with two attached hydrogens (primary N) is 1. The van der Waals surface area contributed by atoms with Crippen molar-refractivity contribution in [3.05, 3.63) is 0 Å². The molecule has 0 saturated carbocycles. The molecule has 7 heteroatoms. The zero-order valence-corrected chi connectivity index (χ0v) is 9.80. The summed E-state index contributed by atoms with van der Waals surface area (Å²) >= 11 is 0. The van der Waals surface area contributed by atoms with E-state index in [1.165, 1.54) is 0 Å². The van der Waals surface area contributed by atoms with Crippen molar-refractivity contribution < 1.29 is 9.47 Å². The van der Waals surface area contributed by atoms with Crippen molar-refractivity contribution in [3.63, 3.8) is 0 Å². The van der Waals surface area contributed by atoms with E-state index in [1.807, 2.05) is 14.1 Å². The molecule has 0 saturated heterocycles. The Bertz CT molecular complexity index is 332. The predicted octanol–water partition coefficient (Wildman–Crippen LogP) is -0.0649. The van der Waals surface area contributed by atoms with Crippen LogP contribution in [0.5, 0.6) is 6.01 Å². The Balaban J connectivity index is 2.58. The van der Waals surface area contributed by atoms with Gasteiger partial charge in [0.2, 0.25) is 11.9 Å². The molecule has 2 N–H and O–H groups in total. The maximum absolute atomic E-state index is 5.53. The number of ether oxygens (including phenoxy) is 2. The summed E-state index contributed by atoms with van der Waals surface area (Å²) in [5.41, 5.74) is 5.53. The van der Waals surface area contributed by atoms with Crippen molar-refractivity contribution in [2.75, 3.05) is 45.1 Å². The Kier molecular flexibility index (Phi) is 4.71. The standard InChI is InChI=1S/C9H17N5O2/c1-14(2)8-11-7(10)12-9(13-8)16-6-4-5-15-3/h4-6H2,1-3H3,(H2,10,11,12,13). The number of hydrogen-bond acceptors (Lipinski definition) is 7. The molecule has 16 heavy (non-hydrogen) atoms. The van der Waals surface area contributed by atoms with Crippen molar-refractivity contribution in [2.45, 2.75) is 6.42 Å². The fourth-order valence-corrected chi connectivity index (χ4v) is 0.992. The van der Waals surface area contributed by atoms with Gasteiger partial charge >= 0.3 is 6.01 Å². The number of methoxy groups -OCH3 is 1.